The maximum absolute atomic E-state index is 11.3. The predicted molar refractivity (Wildman–Crippen MR) is 58.7 cm³/mol. The van der Waals surface area contributed by atoms with Gasteiger partial charge in [-0.3, -0.25) is 0 Å². The molecule has 0 unspecified atom stereocenters. The molecule has 0 aliphatic heterocycles. The third-order valence-corrected chi connectivity index (χ3v) is 3.37. The topological polar surface area (TPSA) is 54.4 Å². The molecule has 4 heteroatoms. The van der Waals surface area contributed by atoms with Crippen molar-refractivity contribution >= 4 is 20.6 Å². The van der Waals surface area contributed by atoms with Gasteiger partial charge in [-0.25, -0.2) is 8.42 Å². The number of hydrogen-bond donors (Lipinski definition) is 1. The number of aromatic hydroxyl groups is 1. The number of phenolic OH excluding ortho intramolecular Hbond substituents is 1. The monoisotopic (exact) mass is 222 g/mol. The van der Waals surface area contributed by atoms with E-state index < -0.39 is 9.84 Å². The molecule has 3 nitrogen and oxygen atoms in total. The second kappa shape index (κ2) is 3.24. The first kappa shape index (κ1) is 9.98. The molecule has 0 radical (unpaired) electrons. The summed E-state index contributed by atoms with van der Waals surface area (Å²) >= 11 is 0. The molecule has 78 valence electrons. The van der Waals surface area contributed by atoms with Gasteiger partial charge in [0, 0.05) is 11.6 Å². The highest BCUT2D eigenvalue weighted by Gasteiger charge is 2.08. The molecule has 1 N–H and O–H groups in total. The van der Waals surface area contributed by atoms with Crippen LogP contribution in [0, 0.1) is 0 Å². The first-order chi connectivity index (χ1) is 6.98. The molecule has 0 aromatic heterocycles. The Morgan fingerprint density at radius 1 is 1.13 bits per heavy atom. The smallest absolute Gasteiger partial charge is 0.175 e. The van der Waals surface area contributed by atoms with Gasteiger partial charge in [0.2, 0.25) is 0 Å². The number of benzene rings is 2. The highest BCUT2D eigenvalue weighted by atomic mass is 32.2. The van der Waals surface area contributed by atoms with Crippen LogP contribution in [0.2, 0.25) is 0 Å². The average Bonchev–Trinajstić information content (AvgIpc) is 2.16. The second-order valence-corrected chi connectivity index (χ2v) is 5.45. The lowest BCUT2D eigenvalue weighted by Crippen LogP contribution is -1.96. The lowest BCUT2D eigenvalue weighted by Gasteiger charge is -2.03. The van der Waals surface area contributed by atoms with E-state index in [1.165, 1.54) is 18.2 Å². The third kappa shape index (κ3) is 1.80. The Morgan fingerprint density at radius 3 is 2.53 bits per heavy atom. The molecule has 0 spiro atoms. The van der Waals surface area contributed by atoms with Crippen molar-refractivity contribution in [1.29, 1.82) is 0 Å². The molecular formula is C11H10O3S. The maximum Gasteiger partial charge on any atom is 0.175 e. The Bertz CT molecular complexity index is 615. The molecule has 0 saturated heterocycles. The highest BCUT2D eigenvalue weighted by molar-refractivity contribution is 7.90. The fourth-order valence-corrected chi connectivity index (χ4v) is 2.11. The Hall–Kier alpha value is -1.55. The van der Waals surface area contributed by atoms with E-state index in [2.05, 4.69) is 0 Å². The number of sulfone groups is 1. The van der Waals surface area contributed by atoms with Crippen LogP contribution in [0.25, 0.3) is 10.8 Å². The van der Waals surface area contributed by atoms with Gasteiger partial charge in [-0.15, -0.1) is 0 Å². The third-order valence-electron chi connectivity index (χ3n) is 2.26. The molecule has 0 saturated carbocycles. The minimum absolute atomic E-state index is 0.0954. The van der Waals surface area contributed by atoms with E-state index in [1.807, 2.05) is 6.07 Å². The van der Waals surface area contributed by atoms with Gasteiger partial charge in [0.15, 0.2) is 9.84 Å². The molecule has 0 aliphatic rings. The summed E-state index contributed by atoms with van der Waals surface area (Å²) in [4.78, 5) is 0.219. The fraction of sp³-hybridized carbons (Fsp3) is 0.0909. The summed E-state index contributed by atoms with van der Waals surface area (Å²) in [6.45, 7) is 0. The summed E-state index contributed by atoms with van der Waals surface area (Å²) in [5, 5.41) is 10.9. The molecule has 0 aliphatic carbocycles. The normalized spacial score (nSPS) is 11.8. The minimum atomic E-state index is -3.22. The van der Waals surface area contributed by atoms with Gasteiger partial charge in [0.1, 0.15) is 5.75 Å². The molecule has 2 aromatic rings. The zero-order valence-electron chi connectivity index (χ0n) is 8.14. The molecule has 15 heavy (non-hydrogen) atoms. The first-order valence-electron chi connectivity index (χ1n) is 4.40. The van der Waals surface area contributed by atoms with E-state index in [9.17, 15) is 13.5 Å². The summed E-state index contributed by atoms with van der Waals surface area (Å²) in [5.41, 5.74) is 0. The molecule has 2 rings (SSSR count). The molecular weight excluding hydrogens is 212 g/mol. The van der Waals surface area contributed by atoms with Crippen LogP contribution >= 0.6 is 0 Å². The van der Waals surface area contributed by atoms with Crippen LogP contribution in [-0.2, 0) is 9.84 Å². The Morgan fingerprint density at radius 2 is 1.87 bits per heavy atom. The van der Waals surface area contributed by atoms with Crippen LogP contribution in [0.3, 0.4) is 0 Å². The lowest BCUT2D eigenvalue weighted by molar-refractivity contribution is 0.481. The van der Waals surface area contributed by atoms with E-state index in [0.717, 1.165) is 11.6 Å². The summed E-state index contributed by atoms with van der Waals surface area (Å²) < 4.78 is 22.6. The van der Waals surface area contributed by atoms with Crippen molar-refractivity contribution in [2.24, 2.45) is 0 Å². The van der Waals surface area contributed by atoms with Crippen LogP contribution in [-0.4, -0.2) is 19.8 Å². The standard InChI is InChI=1S/C11H10O3S/c1-15(13,14)9-6-5-8-3-2-4-11(12)10(8)7-9/h2-7,12H,1H3. The molecule has 0 amide bonds. The number of fused-ring (bicyclic) bond motifs is 1. The van der Waals surface area contributed by atoms with E-state index in [-0.39, 0.29) is 10.6 Å². The van der Waals surface area contributed by atoms with Crippen LogP contribution in [0.1, 0.15) is 0 Å². The van der Waals surface area contributed by atoms with Crippen LogP contribution in [0.4, 0.5) is 0 Å². The zero-order chi connectivity index (χ0) is 11.1. The second-order valence-electron chi connectivity index (χ2n) is 3.43. The van der Waals surface area contributed by atoms with Crippen molar-refractivity contribution < 1.29 is 13.5 Å². The predicted octanol–water partition coefficient (Wildman–Crippen LogP) is 1.95. The van der Waals surface area contributed by atoms with Gasteiger partial charge in [-0.1, -0.05) is 18.2 Å². The van der Waals surface area contributed by atoms with Gasteiger partial charge in [-0.05, 0) is 23.6 Å². The summed E-state index contributed by atoms with van der Waals surface area (Å²) in [5.74, 6) is 0.0954. The average molecular weight is 222 g/mol. The minimum Gasteiger partial charge on any atom is -0.507 e. The lowest BCUT2D eigenvalue weighted by atomic mass is 10.1. The Kier molecular flexibility index (Phi) is 2.16. The van der Waals surface area contributed by atoms with E-state index in [0.29, 0.717) is 5.39 Å². The number of hydrogen-bond acceptors (Lipinski definition) is 3. The summed E-state index contributed by atoms with van der Waals surface area (Å²) in [7, 11) is -3.22. The van der Waals surface area contributed by atoms with E-state index in [4.69, 9.17) is 0 Å². The van der Waals surface area contributed by atoms with Gasteiger partial charge in [0.05, 0.1) is 4.90 Å². The summed E-state index contributed by atoms with van der Waals surface area (Å²) in [6, 6.07) is 9.79. The van der Waals surface area contributed by atoms with Crippen molar-refractivity contribution in [2.45, 2.75) is 4.90 Å². The summed E-state index contributed by atoms with van der Waals surface area (Å²) in [6.07, 6.45) is 1.15. The molecule has 0 atom stereocenters. The fourth-order valence-electron chi connectivity index (χ4n) is 1.47. The zero-order valence-corrected chi connectivity index (χ0v) is 8.95. The van der Waals surface area contributed by atoms with Crippen molar-refractivity contribution in [2.75, 3.05) is 6.26 Å². The van der Waals surface area contributed by atoms with E-state index in [1.54, 1.807) is 12.1 Å². The van der Waals surface area contributed by atoms with Crippen molar-refractivity contribution in [1.82, 2.24) is 0 Å². The van der Waals surface area contributed by atoms with Gasteiger partial charge in [-0.2, -0.15) is 0 Å². The quantitative estimate of drug-likeness (QED) is 0.802. The van der Waals surface area contributed by atoms with E-state index >= 15 is 0 Å². The van der Waals surface area contributed by atoms with Crippen LogP contribution < -0.4 is 0 Å². The van der Waals surface area contributed by atoms with Gasteiger partial charge in [0.25, 0.3) is 0 Å². The Labute approximate surface area is 87.9 Å². The maximum atomic E-state index is 11.3. The highest BCUT2D eigenvalue weighted by Crippen LogP contribution is 2.26. The molecule has 0 fully saturated rings. The van der Waals surface area contributed by atoms with Crippen LogP contribution in [0.5, 0.6) is 5.75 Å². The van der Waals surface area contributed by atoms with Crippen LogP contribution in [0.15, 0.2) is 41.3 Å². The van der Waals surface area contributed by atoms with Gasteiger partial charge < -0.3 is 5.11 Å². The van der Waals surface area contributed by atoms with Crippen molar-refractivity contribution in [3.05, 3.63) is 36.4 Å². The molecule has 0 bridgehead atoms. The number of phenols is 1. The Balaban J connectivity index is 2.81. The number of rotatable bonds is 1. The first-order valence-corrected chi connectivity index (χ1v) is 6.29. The molecule has 2 aromatic carbocycles. The van der Waals surface area contributed by atoms with Crippen molar-refractivity contribution in [3.63, 3.8) is 0 Å². The largest absolute Gasteiger partial charge is 0.507 e. The van der Waals surface area contributed by atoms with Gasteiger partial charge >= 0.3 is 0 Å². The van der Waals surface area contributed by atoms with Crippen molar-refractivity contribution in [3.8, 4) is 5.75 Å². The molecule has 0 heterocycles. The SMILES string of the molecule is CS(=O)(=O)c1ccc2cccc(O)c2c1.